The van der Waals surface area contributed by atoms with E-state index in [9.17, 15) is 33.6 Å². The molecule has 0 bridgehead atoms. The highest BCUT2D eigenvalue weighted by atomic mass is 16.5. The smallest absolute Gasteiger partial charge is 0.328 e. The van der Waals surface area contributed by atoms with E-state index in [1.165, 1.54) is 14.0 Å². The van der Waals surface area contributed by atoms with Crippen molar-refractivity contribution in [2.75, 3.05) is 26.8 Å². The highest BCUT2D eigenvalue weighted by Crippen LogP contribution is 2.11. The molecule has 0 aromatic rings. The summed E-state index contributed by atoms with van der Waals surface area (Å²) in [5, 5.41) is 19.6. The van der Waals surface area contributed by atoms with Crippen LogP contribution in [0, 0.1) is 11.8 Å². The quantitative estimate of drug-likeness (QED) is 0.0598. The van der Waals surface area contributed by atoms with E-state index in [1.807, 2.05) is 27.7 Å². The molecule has 0 saturated carbocycles. The molecule has 0 rings (SSSR count). The number of amides is 3. The minimum absolute atomic E-state index is 0.0383. The third kappa shape index (κ3) is 23.7. The molecule has 48 heavy (non-hydrogen) atoms. The minimum atomic E-state index is -1.06. The molecule has 0 radical (unpaired) electrons. The van der Waals surface area contributed by atoms with Gasteiger partial charge in [-0.2, -0.15) is 0 Å². The fraction of sp³-hybridized carbons (Fsp3) is 0.794. The topological polar surface area (TPSA) is 206 Å². The number of carboxylic acids is 1. The lowest BCUT2D eigenvalue weighted by molar-refractivity contribution is -0.148. The van der Waals surface area contributed by atoms with Gasteiger partial charge in [-0.3, -0.25) is 19.2 Å². The monoisotopic (exact) mass is 684 g/mol. The van der Waals surface area contributed by atoms with E-state index in [0.29, 0.717) is 64.2 Å². The van der Waals surface area contributed by atoms with Crippen LogP contribution in [0.25, 0.3) is 0 Å². The number of Topliss-reactive ketones (excluding diaryl/α,β-unsaturated/α-hetero) is 1. The van der Waals surface area contributed by atoms with E-state index >= 15 is 0 Å². The Morgan fingerprint density at radius 2 is 1.00 bits per heavy atom. The van der Waals surface area contributed by atoms with Crippen molar-refractivity contribution >= 4 is 41.4 Å². The van der Waals surface area contributed by atoms with Crippen LogP contribution in [0.3, 0.4) is 0 Å². The van der Waals surface area contributed by atoms with Crippen molar-refractivity contribution < 1.29 is 48.1 Å². The van der Waals surface area contributed by atoms with Crippen molar-refractivity contribution in [3.63, 3.8) is 0 Å². The number of likely N-dealkylation sites (N-methyl/N-ethyl adjacent to an activating group) is 1. The summed E-state index contributed by atoms with van der Waals surface area (Å²) in [6.07, 6.45) is 5.61. The fourth-order valence-corrected chi connectivity index (χ4v) is 4.68. The number of esters is 2. The van der Waals surface area contributed by atoms with Gasteiger partial charge in [0.1, 0.15) is 23.9 Å². The Bertz CT molecular complexity index is 1020. The van der Waals surface area contributed by atoms with Crippen LogP contribution in [-0.4, -0.2) is 91.5 Å². The zero-order valence-corrected chi connectivity index (χ0v) is 29.8. The number of ketones is 1. The molecule has 14 heteroatoms. The van der Waals surface area contributed by atoms with Gasteiger partial charge in [0.05, 0.1) is 13.2 Å². The SMILES string of the molecule is CNC(CNC(=O)CCCCC(=O)NC(CC(C)C)C(=O)OCCCCCOC(=O)C(CC(C)C)NC(=O)CCCCC(C)=O)C(=O)O. The first-order valence-electron chi connectivity index (χ1n) is 17.2. The zero-order chi connectivity index (χ0) is 36.5. The first-order valence-corrected chi connectivity index (χ1v) is 17.2. The van der Waals surface area contributed by atoms with Crippen molar-refractivity contribution in [3.05, 3.63) is 0 Å². The largest absolute Gasteiger partial charge is 0.480 e. The summed E-state index contributed by atoms with van der Waals surface area (Å²) in [6.45, 7) is 9.57. The van der Waals surface area contributed by atoms with E-state index in [4.69, 9.17) is 14.6 Å². The Morgan fingerprint density at radius 3 is 1.38 bits per heavy atom. The number of unbranched alkanes of at least 4 members (excludes halogenated alkanes) is 4. The summed E-state index contributed by atoms with van der Waals surface area (Å²) in [7, 11) is 1.49. The van der Waals surface area contributed by atoms with Crippen LogP contribution in [0.2, 0.25) is 0 Å². The van der Waals surface area contributed by atoms with E-state index in [0.717, 1.165) is 0 Å². The molecule has 0 aromatic heterocycles. The maximum absolute atomic E-state index is 12.7. The molecular weight excluding hydrogens is 624 g/mol. The lowest BCUT2D eigenvalue weighted by Crippen LogP contribution is -2.44. The standard InChI is InChI=1S/C34H60N4O10/c1-23(2)20-26(37-30(41)16-9-8-14-25(5)39)33(45)47-18-12-7-13-19-48-34(46)27(21-24(3)4)38-31(42)17-11-10-15-29(40)36-22-28(35-6)32(43)44/h23-24,26-28,35H,7-22H2,1-6H3,(H,36,40)(H,37,41)(H,38,42)(H,43,44). The summed E-state index contributed by atoms with van der Waals surface area (Å²) in [4.78, 5) is 84.2. The average molecular weight is 685 g/mol. The molecule has 0 heterocycles. The Hall–Kier alpha value is -3.55. The van der Waals surface area contributed by atoms with Crippen molar-refractivity contribution in [1.29, 1.82) is 0 Å². The summed E-state index contributed by atoms with van der Waals surface area (Å²) < 4.78 is 10.8. The maximum atomic E-state index is 12.7. The normalized spacial score (nSPS) is 12.9. The number of carbonyl (C=O) groups excluding carboxylic acids is 6. The molecular formula is C34H60N4O10. The summed E-state index contributed by atoms with van der Waals surface area (Å²) >= 11 is 0. The Morgan fingerprint density at radius 1 is 0.583 bits per heavy atom. The van der Waals surface area contributed by atoms with Crippen LogP contribution in [0.5, 0.6) is 0 Å². The first kappa shape index (κ1) is 44.5. The number of ether oxygens (including phenoxy) is 2. The molecule has 0 aliphatic carbocycles. The molecule has 14 nitrogen and oxygen atoms in total. The van der Waals surface area contributed by atoms with E-state index in [1.54, 1.807) is 0 Å². The van der Waals surface area contributed by atoms with Gasteiger partial charge in [0.2, 0.25) is 17.7 Å². The Balaban J connectivity index is 4.43. The van der Waals surface area contributed by atoms with Gasteiger partial charge in [0, 0.05) is 32.2 Å². The van der Waals surface area contributed by atoms with Gasteiger partial charge < -0.3 is 40.6 Å². The fourth-order valence-electron chi connectivity index (χ4n) is 4.68. The van der Waals surface area contributed by atoms with E-state index in [-0.39, 0.29) is 74.4 Å². The molecule has 3 amide bonds. The summed E-state index contributed by atoms with van der Waals surface area (Å²) in [6, 6.07) is -2.41. The molecule has 0 aliphatic rings. The molecule has 0 fully saturated rings. The molecule has 276 valence electrons. The van der Waals surface area contributed by atoms with Gasteiger partial charge >= 0.3 is 17.9 Å². The second kappa shape index (κ2) is 26.4. The number of carbonyl (C=O) groups is 7. The number of rotatable bonds is 28. The second-order valence-electron chi connectivity index (χ2n) is 13.0. The third-order valence-electron chi connectivity index (χ3n) is 7.32. The molecule has 3 atom stereocenters. The van der Waals surface area contributed by atoms with E-state index < -0.39 is 36.0 Å². The lowest BCUT2D eigenvalue weighted by atomic mass is 10.0. The van der Waals surface area contributed by atoms with Crippen molar-refractivity contribution in [1.82, 2.24) is 21.3 Å². The van der Waals surface area contributed by atoms with Gasteiger partial charge in [-0.25, -0.2) is 9.59 Å². The van der Waals surface area contributed by atoms with Crippen LogP contribution in [0.15, 0.2) is 0 Å². The number of carboxylic acid groups (broad SMARTS) is 1. The first-order chi connectivity index (χ1) is 22.7. The molecule has 5 N–H and O–H groups in total. The highest BCUT2D eigenvalue weighted by molar-refractivity contribution is 5.85. The van der Waals surface area contributed by atoms with Crippen LogP contribution in [0.1, 0.15) is 118 Å². The van der Waals surface area contributed by atoms with Gasteiger partial charge in [0.15, 0.2) is 0 Å². The number of hydrogen-bond donors (Lipinski definition) is 5. The van der Waals surface area contributed by atoms with Gasteiger partial charge in [-0.05, 0) is 83.6 Å². The number of hydrogen-bond acceptors (Lipinski definition) is 10. The van der Waals surface area contributed by atoms with Crippen molar-refractivity contribution in [2.45, 2.75) is 136 Å². The predicted molar refractivity (Wildman–Crippen MR) is 180 cm³/mol. The lowest BCUT2D eigenvalue weighted by Gasteiger charge is -2.20. The molecule has 0 spiro atoms. The van der Waals surface area contributed by atoms with Crippen LogP contribution < -0.4 is 21.3 Å². The third-order valence-corrected chi connectivity index (χ3v) is 7.32. The van der Waals surface area contributed by atoms with Gasteiger partial charge in [-0.1, -0.05) is 27.7 Å². The van der Waals surface area contributed by atoms with Crippen LogP contribution >= 0.6 is 0 Å². The maximum Gasteiger partial charge on any atom is 0.328 e. The zero-order valence-electron chi connectivity index (χ0n) is 29.8. The van der Waals surface area contributed by atoms with Gasteiger partial charge in [-0.15, -0.1) is 0 Å². The van der Waals surface area contributed by atoms with E-state index in [2.05, 4.69) is 21.3 Å². The molecule has 0 saturated heterocycles. The van der Waals surface area contributed by atoms with Crippen LogP contribution in [-0.2, 0) is 43.0 Å². The second-order valence-corrected chi connectivity index (χ2v) is 13.0. The minimum Gasteiger partial charge on any atom is -0.480 e. The number of nitrogens with one attached hydrogen (secondary N) is 4. The van der Waals surface area contributed by atoms with Crippen molar-refractivity contribution in [3.8, 4) is 0 Å². The molecule has 0 aromatic carbocycles. The summed E-state index contributed by atoms with van der Waals surface area (Å²) in [5.74, 6) is -2.55. The number of aliphatic carboxylic acids is 1. The molecule has 3 unspecified atom stereocenters. The van der Waals surface area contributed by atoms with Crippen molar-refractivity contribution in [2.24, 2.45) is 11.8 Å². The van der Waals surface area contributed by atoms with Gasteiger partial charge in [0.25, 0.3) is 0 Å². The van der Waals surface area contributed by atoms with Crippen LogP contribution in [0.4, 0.5) is 0 Å². The average Bonchev–Trinajstić information content (AvgIpc) is 2.99. The Kier molecular flexibility index (Phi) is 24.5. The highest BCUT2D eigenvalue weighted by Gasteiger charge is 2.25. The molecule has 0 aliphatic heterocycles. The Labute approximate surface area is 285 Å². The predicted octanol–water partition coefficient (Wildman–Crippen LogP) is 2.80. The summed E-state index contributed by atoms with van der Waals surface area (Å²) in [5.41, 5.74) is 0.